The third kappa shape index (κ3) is 4.48. The summed E-state index contributed by atoms with van der Waals surface area (Å²) >= 11 is 0. The number of benzene rings is 1. The number of fused-ring (bicyclic) bond motifs is 3. The van der Waals surface area contributed by atoms with Gasteiger partial charge >= 0.3 is 0 Å². The Bertz CT molecular complexity index is 1460. The summed E-state index contributed by atoms with van der Waals surface area (Å²) in [6, 6.07) is 4.09. The molecule has 4 amide bonds. The molecule has 2 saturated heterocycles. The number of hydrogen-bond acceptors (Lipinski definition) is 5. The molecule has 0 spiro atoms. The number of aromatic nitrogens is 1. The van der Waals surface area contributed by atoms with Crippen molar-refractivity contribution in [2.24, 2.45) is 17.8 Å². The number of amides is 4. The summed E-state index contributed by atoms with van der Waals surface area (Å²) in [7, 11) is 2.05. The first-order valence-electron chi connectivity index (χ1n) is 15.6. The van der Waals surface area contributed by atoms with Gasteiger partial charge in [0, 0.05) is 36.2 Å². The van der Waals surface area contributed by atoms with E-state index in [1.165, 1.54) is 15.8 Å². The van der Waals surface area contributed by atoms with Gasteiger partial charge in [-0.2, -0.15) is 0 Å². The Morgan fingerprint density at radius 1 is 1.10 bits per heavy atom. The van der Waals surface area contributed by atoms with Gasteiger partial charge in [0.05, 0.1) is 5.92 Å². The standard InChI is InChI=1S/C33H43N5O4/c1-6-18(3)28(32(41)38-29(19(4)7-2)33(42)37-13-9-12-25(37)31(38)40)35-30(39)21-14-23-22-10-8-11-24-27(22)20(16-34-24)15-26(23)36(5)17-21/h8,10-11,14,16,18-19,21,25-26,28-29,34H,6-7,9,12-13,15,17H2,1-5H3,(H,35,39). The van der Waals surface area contributed by atoms with Crippen LogP contribution >= 0.6 is 0 Å². The van der Waals surface area contributed by atoms with E-state index in [0.717, 1.165) is 29.5 Å². The first kappa shape index (κ1) is 28.6. The number of rotatable bonds is 7. The minimum atomic E-state index is -0.897. The fraction of sp³-hybridized carbons (Fsp3) is 0.576. The Morgan fingerprint density at radius 3 is 2.62 bits per heavy atom. The van der Waals surface area contributed by atoms with Crippen LogP contribution in [-0.4, -0.2) is 87.6 Å². The van der Waals surface area contributed by atoms with Crippen LogP contribution in [0.1, 0.15) is 64.5 Å². The van der Waals surface area contributed by atoms with Crippen LogP contribution in [0.15, 0.2) is 30.5 Å². The Morgan fingerprint density at radius 2 is 1.88 bits per heavy atom. The molecule has 7 unspecified atom stereocenters. The van der Waals surface area contributed by atoms with E-state index in [9.17, 15) is 19.2 Å². The van der Waals surface area contributed by atoms with E-state index >= 15 is 0 Å². The predicted octanol–water partition coefficient (Wildman–Crippen LogP) is 3.34. The first-order chi connectivity index (χ1) is 20.2. The highest BCUT2D eigenvalue weighted by Gasteiger charge is 2.53. The molecule has 3 aliphatic heterocycles. The van der Waals surface area contributed by atoms with Gasteiger partial charge in [0.2, 0.25) is 11.8 Å². The molecule has 0 saturated carbocycles. The Hall–Kier alpha value is -3.46. The highest BCUT2D eigenvalue weighted by molar-refractivity contribution is 6.09. The number of nitrogens with one attached hydrogen (secondary N) is 2. The van der Waals surface area contributed by atoms with Gasteiger partial charge in [-0.1, -0.05) is 58.7 Å². The first-order valence-corrected chi connectivity index (χ1v) is 15.6. The summed E-state index contributed by atoms with van der Waals surface area (Å²) < 4.78 is 0. The molecule has 9 nitrogen and oxygen atoms in total. The van der Waals surface area contributed by atoms with Gasteiger partial charge in [0.25, 0.3) is 11.8 Å². The lowest BCUT2D eigenvalue weighted by atomic mass is 9.79. The van der Waals surface area contributed by atoms with Gasteiger partial charge in [-0.05, 0) is 60.9 Å². The number of carbonyl (C=O) groups is 4. The lowest BCUT2D eigenvalue weighted by Gasteiger charge is -2.45. The van der Waals surface area contributed by atoms with E-state index in [0.29, 0.717) is 32.4 Å². The van der Waals surface area contributed by atoms with Crippen LogP contribution in [0.25, 0.3) is 16.5 Å². The summed E-state index contributed by atoms with van der Waals surface area (Å²) in [5, 5.41) is 4.29. The van der Waals surface area contributed by atoms with Crippen molar-refractivity contribution in [3.05, 3.63) is 41.6 Å². The van der Waals surface area contributed by atoms with E-state index in [1.807, 2.05) is 33.8 Å². The minimum absolute atomic E-state index is 0.144. The molecule has 4 aliphatic rings. The fourth-order valence-electron chi connectivity index (χ4n) is 7.54. The minimum Gasteiger partial charge on any atom is -0.361 e. The predicted molar refractivity (Wildman–Crippen MR) is 161 cm³/mol. The van der Waals surface area contributed by atoms with Gasteiger partial charge in [-0.3, -0.25) is 29.0 Å². The Balaban J connectivity index is 1.30. The van der Waals surface area contributed by atoms with Crippen molar-refractivity contribution in [1.82, 2.24) is 25.0 Å². The molecule has 1 aromatic carbocycles. The maximum absolute atomic E-state index is 14.3. The molecule has 4 heterocycles. The zero-order chi connectivity index (χ0) is 29.9. The molecule has 42 heavy (non-hydrogen) atoms. The zero-order valence-electron chi connectivity index (χ0n) is 25.4. The molecular formula is C33H43N5O4. The summed E-state index contributed by atoms with van der Waals surface area (Å²) in [6.07, 6.45) is 7.67. The van der Waals surface area contributed by atoms with Crippen molar-refractivity contribution in [1.29, 1.82) is 0 Å². The zero-order valence-corrected chi connectivity index (χ0v) is 25.4. The van der Waals surface area contributed by atoms with Crippen LogP contribution in [0.5, 0.6) is 0 Å². The van der Waals surface area contributed by atoms with Gasteiger partial charge in [0.15, 0.2) is 0 Å². The second-order valence-corrected chi connectivity index (χ2v) is 12.9. The molecule has 9 heteroatoms. The monoisotopic (exact) mass is 573 g/mol. The second-order valence-electron chi connectivity index (χ2n) is 12.9. The lowest BCUT2D eigenvalue weighted by Crippen LogP contribution is -2.69. The van der Waals surface area contributed by atoms with Gasteiger partial charge in [0.1, 0.15) is 18.1 Å². The average Bonchev–Trinajstić information content (AvgIpc) is 3.66. The van der Waals surface area contributed by atoms with Crippen molar-refractivity contribution in [2.75, 3.05) is 20.1 Å². The summed E-state index contributed by atoms with van der Waals surface area (Å²) in [5.41, 5.74) is 4.67. The molecule has 6 rings (SSSR count). The van der Waals surface area contributed by atoms with Crippen LogP contribution in [0.4, 0.5) is 0 Å². The van der Waals surface area contributed by atoms with E-state index in [-0.39, 0.29) is 35.6 Å². The number of carbonyl (C=O) groups excluding carboxylic acids is 4. The molecule has 0 bridgehead atoms. The third-order valence-corrected chi connectivity index (χ3v) is 10.4. The maximum Gasteiger partial charge on any atom is 0.252 e. The molecular weight excluding hydrogens is 530 g/mol. The van der Waals surface area contributed by atoms with Gasteiger partial charge in [-0.25, -0.2) is 0 Å². The number of H-pyrrole nitrogens is 1. The van der Waals surface area contributed by atoms with Crippen LogP contribution < -0.4 is 5.32 Å². The Labute approximate surface area is 247 Å². The average molecular weight is 574 g/mol. The molecule has 2 N–H and O–H groups in total. The molecule has 224 valence electrons. The molecule has 2 fully saturated rings. The van der Waals surface area contributed by atoms with Gasteiger partial charge < -0.3 is 15.2 Å². The topological polar surface area (TPSA) is 106 Å². The molecule has 7 atom stereocenters. The number of hydrogen-bond donors (Lipinski definition) is 2. The maximum atomic E-state index is 14.3. The van der Waals surface area contributed by atoms with Crippen molar-refractivity contribution < 1.29 is 19.2 Å². The summed E-state index contributed by atoms with van der Waals surface area (Å²) in [6.45, 7) is 8.88. The number of likely N-dealkylation sites (N-methyl/N-ethyl adjacent to an activating group) is 1. The largest absolute Gasteiger partial charge is 0.361 e. The number of aromatic amines is 1. The van der Waals surface area contributed by atoms with Crippen molar-refractivity contribution in [2.45, 2.75) is 84.0 Å². The summed E-state index contributed by atoms with van der Waals surface area (Å²) in [5.74, 6) is -1.97. The van der Waals surface area contributed by atoms with Crippen LogP contribution in [-0.2, 0) is 25.6 Å². The van der Waals surface area contributed by atoms with Gasteiger partial charge in [-0.15, -0.1) is 0 Å². The van der Waals surface area contributed by atoms with Crippen molar-refractivity contribution in [3.63, 3.8) is 0 Å². The number of imide groups is 1. The Kier molecular flexibility index (Phi) is 7.50. The van der Waals surface area contributed by atoms with Crippen molar-refractivity contribution in [3.8, 4) is 0 Å². The van der Waals surface area contributed by atoms with Crippen LogP contribution in [0, 0.1) is 17.8 Å². The lowest BCUT2D eigenvalue weighted by molar-refractivity contribution is -0.169. The van der Waals surface area contributed by atoms with Crippen LogP contribution in [0.2, 0.25) is 0 Å². The van der Waals surface area contributed by atoms with E-state index in [2.05, 4.69) is 46.7 Å². The molecule has 1 aromatic heterocycles. The third-order valence-electron chi connectivity index (χ3n) is 10.4. The normalized spacial score (nSPS) is 27.8. The molecule has 1 aliphatic carbocycles. The molecule has 0 radical (unpaired) electrons. The number of nitrogens with zero attached hydrogens (tertiary/aromatic N) is 3. The van der Waals surface area contributed by atoms with E-state index in [4.69, 9.17) is 0 Å². The quantitative estimate of drug-likeness (QED) is 0.529. The van der Waals surface area contributed by atoms with E-state index in [1.54, 1.807) is 4.90 Å². The second kappa shape index (κ2) is 11.0. The summed E-state index contributed by atoms with van der Waals surface area (Å²) in [4.78, 5) is 64.1. The smallest absolute Gasteiger partial charge is 0.252 e. The fourth-order valence-corrected chi connectivity index (χ4v) is 7.54. The van der Waals surface area contributed by atoms with Crippen molar-refractivity contribution >= 4 is 40.1 Å². The van der Waals surface area contributed by atoms with Crippen LogP contribution in [0.3, 0.4) is 0 Å². The molecule has 2 aromatic rings. The highest BCUT2D eigenvalue weighted by atomic mass is 16.2. The number of piperazine rings is 1. The van der Waals surface area contributed by atoms with E-state index < -0.39 is 30.0 Å². The highest BCUT2D eigenvalue weighted by Crippen LogP contribution is 2.41. The SMILES string of the molecule is CCC(C)C(NC(=O)C1C=C2c3cccc4[nH]cc(c34)CC2N(C)C1)C(=O)N1C(=O)C2CCCN2C(=O)C1C(C)CC.